The summed E-state index contributed by atoms with van der Waals surface area (Å²) in [7, 11) is 0. The molecule has 16 heavy (non-hydrogen) atoms. The van der Waals surface area contributed by atoms with Crippen LogP contribution in [0.3, 0.4) is 0 Å². The molecule has 0 saturated heterocycles. The molecule has 0 aromatic carbocycles. The standard InChI is InChI=1S/C13H18O3/c1-4-15-13(14)11(8-10(2)3)9-12-6-5-7-16-12/h5-8,11H,4,9H2,1-3H3. The second-order valence-electron chi connectivity index (χ2n) is 3.89. The van der Waals surface area contributed by atoms with Crippen molar-refractivity contribution in [2.45, 2.75) is 27.2 Å². The van der Waals surface area contributed by atoms with Crippen molar-refractivity contribution in [2.75, 3.05) is 6.61 Å². The Hall–Kier alpha value is -1.51. The van der Waals surface area contributed by atoms with Crippen LogP contribution < -0.4 is 0 Å². The van der Waals surface area contributed by atoms with Crippen molar-refractivity contribution in [1.29, 1.82) is 0 Å². The summed E-state index contributed by atoms with van der Waals surface area (Å²) in [6, 6.07) is 3.69. The molecule has 0 bridgehead atoms. The number of ether oxygens (including phenoxy) is 1. The van der Waals surface area contributed by atoms with Gasteiger partial charge in [-0.15, -0.1) is 0 Å². The summed E-state index contributed by atoms with van der Waals surface area (Å²) < 4.78 is 10.3. The van der Waals surface area contributed by atoms with E-state index in [0.717, 1.165) is 11.3 Å². The minimum Gasteiger partial charge on any atom is -0.469 e. The maximum Gasteiger partial charge on any atom is 0.313 e. The third kappa shape index (κ3) is 3.93. The van der Waals surface area contributed by atoms with Gasteiger partial charge < -0.3 is 9.15 Å². The number of furan rings is 1. The quantitative estimate of drug-likeness (QED) is 0.568. The van der Waals surface area contributed by atoms with Gasteiger partial charge >= 0.3 is 5.97 Å². The molecular formula is C13H18O3. The maximum atomic E-state index is 11.7. The van der Waals surface area contributed by atoms with Crippen molar-refractivity contribution in [3.05, 3.63) is 35.8 Å². The molecule has 3 nitrogen and oxygen atoms in total. The molecule has 1 aromatic rings. The normalized spacial score (nSPS) is 11.9. The Labute approximate surface area is 96.1 Å². The van der Waals surface area contributed by atoms with Crippen LogP contribution in [0, 0.1) is 5.92 Å². The fourth-order valence-corrected chi connectivity index (χ4v) is 1.51. The predicted octanol–water partition coefficient (Wildman–Crippen LogP) is 2.97. The van der Waals surface area contributed by atoms with Gasteiger partial charge in [0.25, 0.3) is 0 Å². The minimum absolute atomic E-state index is 0.194. The van der Waals surface area contributed by atoms with Crippen LogP contribution >= 0.6 is 0 Å². The highest BCUT2D eigenvalue weighted by Crippen LogP contribution is 2.14. The summed E-state index contributed by atoms with van der Waals surface area (Å²) in [6.45, 7) is 6.15. The fourth-order valence-electron chi connectivity index (χ4n) is 1.51. The van der Waals surface area contributed by atoms with Gasteiger partial charge in [0.1, 0.15) is 5.76 Å². The van der Waals surface area contributed by atoms with E-state index in [-0.39, 0.29) is 11.9 Å². The molecule has 0 radical (unpaired) electrons. The Morgan fingerprint density at radius 3 is 2.81 bits per heavy atom. The second kappa shape index (κ2) is 6.16. The van der Waals surface area contributed by atoms with Crippen LogP contribution in [-0.4, -0.2) is 12.6 Å². The van der Waals surface area contributed by atoms with Gasteiger partial charge in [-0.2, -0.15) is 0 Å². The van der Waals surface area contributed by atoms with Gasteiger partial charge in [0.2, 0.25) is 0 Å². The Bertz CT molecular complexity index is 345. The van der Waals surface area contributed by atoms with E-state index in [1.54, 1.807) is 6.26 Å². The number of hydrogen-bond donors (Lipinski definition) is 0. The lowest BCUT2D eigenvalue weighted by molar-refractivity contribution is -0.146. The lowest BCUT2D eigenvalue weighted by Crippen LogP contribution is -2.18. The molecule has 1 heterocycles. The first kappa shape index (κ1) is 12.6. The largest absolute Gasteiger partial charge is 0.469 e. The zero-order chi connectivity index (χ0) is 12.0. The number of hydrogen-bond acceptors (Lipinski definition) is 3. The molecule has 3 heteroatoms. The summed E-state index contributed by atoms with van der Waals surface area (Å²) in [5.41, 5.74) is 1.10. The Balaban J connectivity index is 2.71. The molecule has 0 aliphatic rings. The van der Waals surface area contributed by atoms with Crippen LogP contribution in [0.4, 0.5) is 0 Å². The number of carbonyl (C=O) groups excluding carboxylic acids is 1. The van der Waals surface area contributed by atoms with Crippen molar-refractivity contribution in [3.63, 3.8) is 0 Å². The smallest absolute Gasteiger partial charge is 0.313 e. The number of carbonyl (C=O) groups is 1. The van der Waals surface area contributed by atoms with E-state index in [1.165, 1.54) is 0 Å². The van der Waals surface area contributed by atoms with Gasteiger partial charge in [-0.05, 0) is 32.9 Å². The highest BCUT2D eigenvalue weighted by molar-refractivity contribution is 5.74. The van der Waals surface area contributed by atoms with Crippen molar-refractivity contribution in [1.82, 2.24) is 0 Å². The Morgan fingerprint density at radius 1 is 1.56 bits per heavy atom. The third-order valence-corrected chi connectivity index (χ3v) is 2.13. The zero-order valence-electron chi connectivity index (χ0n) is 10.0. The van der Waals surface area contributed by atoms with Crippen LogP contribution in [0.2, 0.25) is 0 Å². The molecule has 0 saturated carbocycles. The van der Waals surface area contributed by atoms with Crippen molar-refractivity contribution < 1.29 is 13.9 Å². The fraction of sp³-hybridized carbons (Fsp3) is 0.462. The molecule has 0 spiro atoms. The SMILES string of the molecule is CCOC(=O)C(C=C(C)C)Cc1ccco1. The molecule has 0 aliphatic carbocycles. The summed E-state index contributed by atoms with van der Waals surface area (Å²) in [6.07, 6.45) is 4.08. The van der Waals surface area contributed by atoms with Crippen LogP contribution in [0.15, 0.2) is 34.5 Å². The molecule has 0 aliphatic heterocycles. The predicted molar refractivity (Wildman–Crippen MR) is 62.0 cm³/mol. The number of esters is 1. The van der Waals surface area contributed by atoms with E-state index in [4.69, 9.17) is 9.15 Å². The zero-order valence-corrected chi connectivity index (χ0v) is 10.0. The average molecular weight is 222 g/mol. The van der Waals surface area contributed by atoms with Crippen LogP contribution in [0.5, 0.6) is 0 Å². The highest BCUT2D eigenvalue weighted by atomic mass is 16.5. The Kier molecular flexibility index (Phi) is 4.83. The van der Waals surface area contributed by atoms with Gasteiger partial charge in [0, 0.05) is 6.42 Å². The van der Waals surface area contributed by atoms with Gasteiger partial charge in [-0.3, -0.25) is 4.79 Å². The van der Waals surface area contributed by atoms with Gasteiger partial charge in [-0.1, -0.05) is 11.6 Å². The van der Waals surface area contributed by atoms with E-state index in [1.807, 2.05) is 39.0 Å². The first-order valence-corrected chi connectivity index (χ1v) is 5.47. The van der Waals surface area contributed by atoms with Crippen LogP contribution in [-0.2, 0) is 16.0 Å². The summed E-state index contributed by atoms with van der Waals surface area (Å²) in [4.78, 5) is 11.7. The van der Waals surface area contributed by atoms with Gasteiger partial charge in [0.05, 0.1) is 18.8 Å². The Morgan fingerprint density at radius 2 is 2.31 bits per heavy atom. The molecule has 0 amide bonds. The molecule has 1 unspecified atom stereocenters. The summed E-state index contributed by atoms with van der Waals surface area (Å²) >= 11 is 0. The second-order valence-corrected chi connectivity index (χ2v) is 3.89. The molecule has 1 atom stereocenters. The van der Waals surface area contributed by atoms with Crippen molar-refractivity contribution in [2.24, 2.45) is 5.92 Å². The lowest BCUT2D eigenvalue weighted by atomic mass is 10.0. The van der Waals surface area contributed by atoms with E-state index < -0.39 is 0 Å². The number of rotatable bonds is 5. The van der Waals surface area contributed by atoms with Gasteiger partial charge in [-0.25, -0.2) is 0 Å². The molecule has 1 rings (SSSR count). The van der Waals surface area contributed by atoms with E-state index >= 15 is 0 Å². The van der Waals surface area contributed by atoms with Crippen LogP contribution in [0.25, 0.3) is 0 Å². The third-order valence-electron chi connectivity index (χ3n) is 2.13. The average Bonchev–Trinajstić information content (AvgIpc) is 2.69. The first-order chi connectivity index (χ1) is 7.63. The summed E-state index contributed by atoms with van der Waals surface area (Å²) in [5.74, 6) is 0.353. The van der Waals surface area contributed by atoms with Gasteiger partial charge in [0.15, 0.2) is 0 Å². The topological polar surface area (TPSA) is 39.4 Å². The number of allylic oxidation sites excluding steroid dienone is 1. The van der Waals surface area contributed by atoms with Crippen molar-refractivity contribution in [3.8, 4) is 0 Å². The monoisotopic (exact) mass is 222 g/mol. The molecule has 1 aromatic heterocycles. The summed E-state index contributed by atoms with van der Waals surface area (Å²) in [5, 5.41) is 0. The first-order valence-electron chi connectivity index (χ1n) is 5.47. The maximum absolute atomic E-state index is 11.7. The highest BCUT2D eigenvalue weighted by Gasteiger charge is 2.18. The molecular weight excluding hydrogens is 204 g/mol. The lowest BCUT2D eigenvalue weighted by Gasteiger charge is -2.10. The van der Waals surface area contributed by atoms with Crippen molar-refractivity contribution >= 4 is 5.97 Å². The molecule has 0 N–H and O–H groups in total. The van der Waals surface area contributed by atoms with Crippen LogP contribution in [0.1, 0.15) is 26.5 Å². The van der Waals surface area contributed by atoms with E-state index in [0.29, 0.717) is 13.0 Å². The minimum atomic E-state index is -0.254. The van der Waals surface area contributed by atoms with E-state index in [2.05, 4.69) is 0 Å². The molecule has 88 valence electrons. The molecule has 0 fully saturated rings. The van der Waals surface area contributed by atoms with E-state index in [9.17, 15) is 4.79 Å².